The molecule has 0 fully saturated rings. The van der Waals surface area contributed by atoms with Gasteiger partial charge in [0.15, 0.2) is 6.61 Å². The zero-order valence-corrected chi connectivity index (χ0v) is 15.7. The highest BCUT2D eigenvalue weighted by Gasteiger charge is 2.15. The number of amides is 2. The van der Waals surface area contributed by atoms with Crippen molar-refractivity contribution in [2.45, 2.75) is 20.0 Å². The SMILES string of the molecule is COc1ccc(C)cc1CC(=O)OCC(=O)NC(=O)c1ccc(OC(F)F)cc1. The summed E-state index contributed by atoms with van der Waals surface area (Å²) in [5.41, 5.74) is 1.60. The fourth-order valence-corrected chi connectivity index (χ4v) is 2.42. The lowest BCUT2D eigenvalue weighted by molar-refractivity contribution is -0.147. The minimum Gasteiger partial charge on any atom is -0.496 e. The topological polar surface area (TPSA) is 90.9 Å². The van der Waals surface area contributed by atoms with E-state index in [9.17, 15) is 23.2 Å². The van der Waals surface area contributed by atoms with Crippen molar-refractivity contribution in [1.82, 2.24) is 5.32 Å². The molecule has 0 spiro atoms. The number of hydrogen-bond donors (Lipinski definition) is 1. The molecular formula is C20H19F2NO6. The maximum atomic E-state index is 12.1. The molecule has 0 unspecified atom stereocenters. The molecule has 0 saturated carbocycles. The van der Waals surface area contributed by atoms with E-state index >= 15 is 0 Å². The van der Waals surface area contributed by atoms with E-state index in [1.807, 2.05) is 18.3 Å². The number of imide groups is 1. The Morgan fingerprint density at radius 3 is 2.38 bits per heavy atom. The number of nitrogens with one attached hydrogen (secondary N) is 1. The molecule has 0 aromatic heterocycles. The average molecular weight is 407 g/mol. The summed E-state index contributed by atoms with van der Waals surface area (Å²) < 4.78 is 38.4. The van der Waals surface area contributed by atoms with Crippen LogP contribution < -0.4 is 14.8 Å². The zero-order chi connectivity index (χ0) is 21.4. The molecule has 0 heterocycles. The molecule has 7 nitrogen and oxygen atoms in total. The average Bonchev–Trinajstić information content (AvgIpc) is 2.66. The van der Waals surface area contributed by atoms with Crippen LogP contribution in [0, 0.1) is 6.92 Å². The molecule has 2 rings (SSSR count). The van der Waals surface area contributed by atoms with Gasteiger partial charge in [0.25, 0.3) is 11.8 Å². The summed E-state index contributed by atoms with van der Waals surface area (Å²) in [5.74, 6) is -1.86. The van der Waals surface area contributed by atoms with Gasteiger partial charge in [0.2, 0.25) is 0 Å². The maximum absolute atomic E-state index is 12.1. The van der Waals surface area contributed by atoms with Crippen LogP contribution in [-0.4, -0.2) is 38.1 Å². The molecular weight excluding hydrogens is 388 g/mol. The number of carbonyl (C=O) groups is 3. The lowest BCUT2D eigenvalue weighted by Gasteiger charge is -2.10. The van der Waals surface area contributed by atoms with Crippen LogP contribution in [0.2, 0.25) is 0 Å². The largest absolute Gasteiger partial charge is 0.496 e. The van der Waals surface area contributed by atoms with Gasteiger partial charge in [-0.05, 0) is 37.3 Å². The number of carbonyl (C=O) groups excluding carboxylic acids is 3. The molecule has 29 heavy (non-hydrogen) atoms. The maximum Gasteiger partial charge on any atom is 0.387 e. The summed E-state index contributed by atoms with van der Waals surface area (Å²) in [4.78, 5) is 35.7. The van der Waals surface area contributed by atoms with Gasteiger partial charge in [-0.3, -0.25) is 19.7 Å². The minimum atomic E-state index is -2.98. The van der Waals surface area contributed by atoms with Gasteiger partial charge in [0.05, 0.1) is 13.5 Å². The molecule has 154 valence electrons. The fraction of sp³-hybridized carbons (Fsp3) is 0.250. The third kappa shape index (κ3) is 6.87. The number of halogens is 2. The number of methoxy groups -OCH3 is 1. The molecule has 1 N–H and O–H groups in total. The lowest BCUT2D eigenvalue weighted by atomic mass is 10.1. The van der Waals surface area contributed by atoms with Crippen molar-refractivity contribution in [2.75, 3.05) is 13.7 Å². The Morgan fingerprint density at radius 2 is 1.76 bits per heavy atom. The molecule has 0 aliphatic carbocycles. The lowest BCUT2D eigenvalue weighted by Crippen LogP contribution is -2.34. The third-order valence-electron chi connectivity index (χ3n) is 3.73. The monoisotopic (exact) mass is 407 g/mol. The van der Waals surface area contributed by atoms with Gasteiger partial charge in [-0.25, -0.2) is 0 Å². The highest BCUT2D eigenvalue weighted by atomic mass is 19.3. The van der Waals surface area contributed by atoms with Crippen LogP contribution in [0.1, 0.15) is 21.5 Å². The van der Waals surface area contributed by atoms with Crippen LogP contribution >= 0.6 is 0 Å². The first-order valence-corrected chi connectivity index (χ1v) is 8.46. The van der Waals surface area contributed by atoms with E-state index in [1.165, 1.54) is 31.4 Å². The number of esters is 1. The van der Waals surface area contributed by atoms with E-state index in [1.54, 1.807) is 12.1 Å². The number of rotatable bonds is 8. The van der Waals surface area contributed by atoms with E-state index in [4.69, 9.17) is 9.47 Å². The van der Waals surface area contributed by atoms with E-state index in [-0.39, 0.29) is 17.7 Å². The Morgan fingerprint density at radius 1 is 1.07 bits per heavy atom. The molecule has 0 bridgehead atoms. The Kier molecular flexibility index (Phi) is 7.64. The van der Waals surface area contributed by atoms with E-state index in [2.05, 4.69) is 4.74 Å². The molecule has 0 radical (unpaired) electrons. The van der Waals surface area contributed by atoms with Gasteiger partial charge in [-0.2, -0.15) is 8.78 Å². The Labute approximate surface area is 165 Å². The predicted octanol–water partition coefficient (Wildman–Crippen LogP) is 2.65. The van der Waals surface area contributed by atoms with Crippen LogP contribution in [-0.2, 0) is 20.7 Å². The third-order valence-corrected chi connectivity index (χ3v) is 3.73. The van der Waals surface area contributed by atoms with Crippen molar-refractivity contribution >= 4 is 17.8 Å². The Bertz CT molecular complexity index is 883. The number of ether oxygens (including phenoxy) is 3. The number of alkyl halides is 2. The van der Waals surface area contributed by atoms with Crippen LogP contribution in [0.25, 0.3) is 0 Å². The second-order valence-electron chi connectivity index (χ2n) is 5.93. The molecule has 2 aromatic rings. The van der Waals surface area contributed by atoms with Crippen molar-refractivity contribution in [3.8, 4) is 11.5 Å². The minimum absolute atomic E-state index is 0.0517. The van der Waals surface area contributed by atoms with Crippen LogP contribution in [0.5, 0.6) is 11.5 Å². The summed E-state index contributed by atoms with van der Waals surface area (Å²) in [6.45, 7) is -1.77. The molecule has 9 heteroatoms. The van der Waals surface area contributed by atoms with Gasteiger partial charge in [0, 0.05) is 11.1 Å². The van der Waals surface area contributed by atoms with Crippen LogP contribution in [0.15, 0.2) is 42.5 Å². The van der Waals surface area contributed by atoms with Gasteiger partial charge >= 0.3 is 12.6 Å². The summed E-state index contributed by atoms with van der Waals surface area (Å²) in [6.07, 6.45) is -0.0995. The summed E-state index contributed by atoms with van der Waals surface area (Å²) >= 11 is 0. The molecule has 0 aliphatic heterocycles. The Hall–Kier alpha value is -3.49. The summed E-state index contributed by atoms with van der Waals surface area (Å²) in [7, 11) is 1.48. The number of benzene rings is 2. The van der Waals surface area contributed by atoms with E-state index < -0.39 is 31.0 Å². The number of aryl methyl sites for hydroxylation is 1. The second-order valence-corrected chi connectivity index (χ2v) is 5.93. The Balaban J connectivity index is 1.84. The van der Waals surface area contributed by atoms with Gasteiger partial charge < -0.3 is 14.2 Å². The molecule has 2 aromatic carbocycles. The van der Waals surface area contributed by atoms with Gasteiger partial charge in [-0.15, -0.1) is 0 Å². The molecule has 0 atom stereocenters. The van der Waals surface area contributed by atoms with Crippen molar-refractivity contribution in [3.05, 3.63) is 59.2 Å². The molecule has 0 saturated heterocycles. The predicted molar refractivity (Wildman–Crippen MR) is 97.9 cm³/mol. The van der Waals surface area contributed by atoms with E-state index in [0.717, 1.165) is 5.56 Å². The second kappa shape index (κ2) is 10.2. The van der Waals surface area contributed by atoms with Gasteiger partial charge in [0.1, 0.15) is 11.5 Å². The van der Waals surface area contributed by atoms with E-state index in [0.29, 0.717) is 11.3 Å². The van der Waals surface area contributed by atoms with Crippen LogP contribution in [0.4, 0.5) is 8.78 Å². The number of hydrogen-bond acceptors (Lipinski definition) is 6. The van der Waals surface area contributed by atoms with Crippen molar-refractivity contribution in [1.29, 1.82) is 0 Å². The van der Waals surface area contributed by atoms with Crippen molar-refractivity contribution in [2.24, 2.45) is 0 Å². The fourth-order valence-electron chi connectivity index (χ4n) is 2.42. The van der Waals surface area contributed by atoms with Crippen molar-refractivity contribution in [3.63, 3.8) is 0 Å². The highest BCUT2D eigenvalue weighted by molar-refractivity contribution is 6.05. The molecule has 0 aliphatic rings. The first kappa shape index (κ1) is 21.8. The van der Waals surface area contributed by atoms with Crippen molar-refractivity contribution < 1.29 is 37.4 Å². The molecule has 2 amide bonds. The van der Waals surface area contributed by atoms with Gasteiger partial charge in [-0.1, -0.05) is 17.7 Å². The smallest absolute Gasteiger partial charge is 0.387 e. The highest BCUT2D eigenvalue weighted by Crippen LogP contribution is 2.20. The first-order valence-electron chi connectivity index (χ1n) is 8.46. The normalized spacial score (nSPS) is 10.4. The standard InChI is InChI=1S/C20H19F2NO6/c1-12-3-8-16(27-2)14(9-12)10-18(25)28-11-17(24)23-19(26)13-4-6-15(7-5-13)29-20(21)22/h3-9,20H,10-11H2,1-2H3,(H,23,24,26). The zero-order valence-electron chi connectivity index (χ0n) is 15.7. The summed E-state index contributed by atoms with van der Waals surface area (Å²) in [6, 6.07) is 10.1. The first-order chi connectivity index (χ1) is 13.8. The summed E-state index contributed by atoms with van der Waals surface area (Å²) in [5, 5.41) is 2.04. The van der Waals surface area contributed by atoms with Crippen LogP contribution in [0.3, 0.4) is 0 Å². The quantitative estimate of drug-likeness (QED) is 0.677.